The maximum atomic E-state index is 4.56. The van der Waals surface area contributed by atoms with Gasteiger partial charge >= 0.3 is 0 Å². The van der Waals surface area contributed by atoms with Crippen molar-refractivity contribution >= 4 is 11.0 Å². The molecule has 0 atom stereocenters. The van der Waals surface area contributed by atoms with E-state index in [4.69, 9.17) is 0 Å². The van der Waals surface area contributed by atoms with Gasteiger partial charge in [-0.2, -0.15) is 0 Å². The average Bonchev–Trinajstić information content (AvgIpc) is 2.65. The molecule has 1 heterocycles. The zero-order valence-electron chi connectivity index (χ0n) is 11.4. The summed E-state index contributed by atoms with van der Waals surface area (Å²) >= 11 is 0. The van der Waals surface area contributed by atoms with Gasteiger partial charge < -0.3 is 9.88 Å². The second-order valence-corrected chi connectivity index (χ2v) is 4.78. The zero-order chi connectivity index (χ0) is 13.0. The third-order valence-corrected chi connectivity index (χ3v) is 3.01. The van der Waals surface area contributed by atoms with Crippen LogP contribution in [0.4, 0.5) is 0 Å². The number of fused-ring (bicyclic) bond motifs is 1. The van der Waals surface area contributed by atoms with Crippen LogP contribution in [0.5, 0.6) is 0 Å². The molecule has 0 aliphatic carbocycles. The quantitative estimate of drug-likeness (QED) is 0.646. The highest BCUT2D eigenvalue weighted by Crippen LogP contribution is 2.14. The number of aromatic nitrogens is 2. The molecule has 0 spiro atoms. The van der Waals surface area contributed by atoms with E-state index in [0.717, 1.165) is 31.0 Å². The Morgan fingerprint density at radius 2 is 2.11 bits per heavy atom. The van der Waals surface area contributed by atoms with E-state index >= 15 is 0 Å². The van der Waals surface area contributed by atoms with Gasteiger partial charge in [-0.05, 0) is 32.9 Å². The van der Waals surface area contributed by atoms with Crippen LogP contribution in [0.15, 0.2) is 35.9 Å². The van der Waals surface area contributed by atoms with E-state index in [0.29, 0.717) is 0 Å². The Kier molecular flexibility index (Phi) is 4.15. The maximum Gasteiger partial charge on any atom is 0.106 e. The second-order valence-electron chi connectivity index (χ2n) is 4.78. The maximum absolute atomic E-state index is 4.56. The van der Waals surface area contributed by atoms with E-state index in [1.54, 1.807) is 0 Å². The molecule has 0 fully saturated rings. The fourth-order valence-electron chi connectivity index (χ4n) is 2.05. The molecule has 3 nitrogen and oxygen atoms in total. The highest BCUT2D eigenvalue weighted by atomic mass is 15.1. The van der Waals surface area contributed by atoms with Crippen molar-refractivity contribution < 1.29 is 0 Å². The molecule has 0 aliphatic rings. The number of imidazole rings is 1. The Hall–Kier alpha value is -1.61. The van der Waals surface area contributed by atoms with Crippen molar-refractivity contribution in [2.75, 3.05) is 13.1 Å². The van der Waals surface area contributed by atoms with Gasteiger partial charge in [-0.1, -0.05) is 23.8 Å². The van der Waals surface area contributed by atoms with Crippen LogP contribution in [-0.2, 0) is 6.54 Å². The molecule has 0 aliphatic heterocycles. The van der Waals surface area contributed by atoms with Gasteiger partial charge in [0.25, 0.3) is 0 Å². The zero-order valence-corrected chi connectivity index (χ0v) is 11.4. The molecule has 18 heavy (non-hydrogen) atoms. The molecular weight excluding hydrogens is 222 g/mol. The lowest BCUT2D eigenvalue weighted by atomic mass is 10.3. The molecule has 1 aromatic carbocycles. The summed E-state index contributed by atoms with van der Waals surface area (Å²) in [4.78, 5) is 4.56. The van der Waals surface area contributed by atoms with Gasteiger partial charge in [0.05, 0.1) is 11.0 Å². The van der Waals surface area contributed by atoms with E-state index in [-0.39, 0.29) is 0 Å². The van der Waals surface area contributed by atoms with Gasteiger partial charge in [0, 0.05) is 19.6 Å². The van der Waals surface area contributed by atoms with Gasteiger partial charge in [0.2, 0.25) is 0 Å². The summed E-state index contributed by atoms with van der Waals surface area (Å²) in [5.74, 6) is 1.08. The fraction of sp³-hybridized carbons (Fsp3) is 0.400. The fourth-order valence-corrected chi connectivity index (χ4v) is 2.05. The monoisotopic (exact) mass is 243 g/mol. The summed E-state index contributed by atoms with van der Waals surface area (Å²) in [7, 11) is 0. The van der Waals surface area contributed by atoms with Crippen LogP contribution in [0.1, 0.15) is 19.7 Å². The molecule has 0 unspecified atom stereocenters. The summed E-state index contributed by atoms with van der Waals surface area (Å²) in [5, 5.41) is 3.42. The first kappa shape index (κ1) is 12.8. The highest BCUT2D eigenvalue weighted by Gasteiger charge is 2.05. The summed E-state index contributed by atoms with van der Waals surface area (Å²) in [5.41, 5.74) is 3.66. The van der Waals surface area contributed by atoms with E-state index in [2.05, 4.69) is 59.9 Å². The minimum Gasteiger partial charge on any atom is -0.327 e. The van der Waals surface area contributed by atoms with E-state index in [9.17, 15) is 0 Å². The molecule has 0 amide bonds. The Balaban J connectivity index is 1.99. The molecule has 2 rings (SSSR count). The first-order chi connectivity index (χ1) is 8.68. The summed E-state index contributed by atoms with van der Waals surface area (Å²) in [6.45, 7) is 9.17. The Labute approximate surface area is 109 Å². The summed E-state index contributed by atoms with van der Waals surface area (Å²) < 4.78 is 2.27. The first-order valence-electron chi connectivity index (χ1n) is 6.44. The number of benzene rings is 1. The SMILES string of the molecule is CC(C)=CCNCCn1c(C)nc2ccccc21. The molecule has 2 aromatic rings. The molecule has 1 N–H and O–H groups in total. The third kappa shape index (κ3) is 2.99. The number of para-hydroxylation sites is 2. The molecule has 1 aromatic heterocycles. The van der Waals surface area contributed by atoms with Crippen LogP contribution in [0.2, 0.25) is 0 Å². The average molecular weight is 243 g/mol. The van der Waals surface area contributed by atoms with Gasteiger partial charge in [-0.15, -0.1) is 0 Å². The van der Waals surface area contributed by atoms with Gasteiger partial charge in [-0.3, -0.25) is 0 Å². The van der Waals surface area contributed by atoms with Gasteiger partial charge in [-0.25, -0.2) is 4.98 Å². The van der Waals surface area contributed by atoms with Crippen LogP contribution in [-0.4, -0.2) is 22.6 Å². The number of hydrogen-bond donors (Lipinski definition) is 1. The number of nitrogens with zero attached hydrogens (tertiary/aromatic N) is 2. The smallest absolute Gasteiger partial charge is 0.106 e. The predicted octanol–water partition coefficient (Wildman–Crippen LogP) is 2.90. The predicted molar refractivity (Wildman–Crippen MR) is 76.8 cm³/mol. The molecular formula is C15H21N3. The van der Waals surface area contributed by atoms with Crippen molar-refractivity contribution in [1.82, 2.24) is 14.9 Å². The standard InChI is InChI=1S/C15H21N3/c1-12(2)8-9-16-10-11-18-13(3)17-14-6-4-5-7-15(14)18/h4-8,16H,9-11H2,1-3H3. The lowest BCUT2D eigenvalue weighted by Gasteiger charge is -2.07. The highest BCUT2D eigenvalue weighted by molar-refractivity contribution is 5.75. The number of aryl methyl sites for hydroxylation is 1. The molecule has 0 bridgehead atoms. The van der Waals surface area contributed by atoms with Crippen molar-refractivity contribution in [3.8, 4) is 0 Å². The van der Waals surface area contributed by atoms with Crippen molar-refractivity contribution in [3.05, 3.63) is 41.7 Å². The number of allylic oxidation sites excluding steroid dienone is 1. The first-order valence-corrected chi connectivity index (χ1v) is 6.44. The summed E-state index contributed by atoms with van der Waals surface area (Å²) in [6.07, 6.45) is 2.21. The van der Waals surface area contributed by atoms with Crippen molar-refractivity contribution in [2.24, 2.45) is 0 Å². The minimum atomic E-state index is 0.939. The lowest BCUT2D eigenvalue weighted by Crippen LogP contribution is -2.20. The normalized spacial score (nSPS) is 10.8. The molecule has 96 valence electrons. The second kappa shape index (κ2) is 5.83. The van der Waals surface area contributed by atoms with E-state index in [1.807, 2.05) is 6.07 Å². The van der Waals surface area contributed by atoms with Crippen molar-refractivity contribution in [3.63, 3.8) is 0 Å². The van der Waals surface area contributed by atoms with Crippen LogP contribution in [0.3, 0.4) is 0 Å². The van der Waals surface area contributed by atoms with Gasteiger partial charge in [0.1, 0.15) is 5.82 Å². The van der Waals surface area contributed by atoms with E-state index < -0.39 is 0 Å². The summed E-state index contributed by atoms with van der Waals surface area (Å²) in [6, 6.07) is 8.30. The largest absolute Gasteiger partial charge is 0.327 e. The Morgan fingerprint density at radius 1 is 1.33 bits per heavy atom. The van der Waals surface area contributed by atoms with Crippen molar-refractivity contribution in [2.45, 2.75) is 27.3 Å². The molecule has 0 saturated carbocycles. The number of hydrogen-bond acceptors (Lipinski definition) is 2. The number of nitrogens with one attached hydrogen (secondary N) is 1. The molecule has 3 heteroatoms. The Bertz CT molecular complexity index is 548. The van der Waals surface area contributed by atoms with Crippen LogP contribution >= 0.6 is 0 Å². The van der Waals surface area contributed by atoms with Crippen LogP contribution in [0, 0.1) is 6.92 Å². The Morgan fingerprint density at radius 3 is 2.89 bits per heavy atom. The van der Waals surface area contributed by atoms with Crippen molar-refractivity contribution in [1.29, 1.82) is 0 Å². The topological polar surface area (TPSA) is 29.9 Å². The van der Waals surface area contributed by atoms with Crippen LogP contribution in [0.25, 0.3) is 11.0 Å². The third-order valence-electron chi connectivity index (χ3n) is 3.01. The molecule has 0 radical (unpaired) electrons. The van der Waals surface area contributed by atoms with Crippen LogP contribution < -0.4 is 5.32 Å². The van der Waals surface area contributed by atoms with Gasteiger partial charge in [0.15, 0.2) is 0 Å². The number of rotatable bonds is 5. The minimum absolute atomic E-state index is 0.939. The van der Waals surface area contributed by atoms with E-state index in [1.165, 1.54) is 11.1 Å². The lowest BCUT2D eigenvalue weighted by molar-refractivity contribution is 0.624. The molecule has 0 saturated heterocycles.